The van der Waals surface area contributed by atoms with E-state index in [1.165, 1.54) is 6.07 Å². The van der Waals surface area contributed by atoms with Gasteiger partial charge in [-0.05, 0) is 0 Å². The van der Waals surface area contributed by atoms with Gasteiger partial charge in [0.1, 0.15) is 11.0 Å². The molecule has 0 aliphatic heterocycles. The maximum atomic E-state index is 12.8. The van der Waals surface area contributed by atoms with Crippen LogP contribution in [0.1, 0.15) is 17.7 Å². The Kier molecular flexibility index (Phi) is 3.59. The molecule has 2 N–H and O–H groups in total. The predicted molar refractivity (Wildman–Crippen MR) is 51.8 cm³/mol. The molecule has 0 atom stereocenters. The third kappa shape index (κ3) is 2.48. The van der Waals surface area contributed by atoms with Crippen LogP contribution in [0.3, 0.4) is 0 Å². The minimum atomic E-state index is -4.37. The fourth-order valence-corrected chi connectivity index (χ4v) is 1.90. The first-order valence-corrected chi connectivity index (χ1v) is 5.65. The molecule has 17 heavy (non-hydrogen) atoms. The van der Waals surface area contributed by atoms with Crippen molar-refractivity contribution in [3.05, 3.63) is 17.5 Å². The standard InChI is InChI=1S/C8H7F2N3O3S/c1-16-7-4(2-11)13-3-5(17(12,14)15)6(7)8(9)10/h3,8H,1H3,(H2,12,14,15). The SMILES string of the molecule is COc1c(C#N)ncc(S(N)(=O)=O)c1C(F)F. The van der Waals surface area contributed by atoms with Gasteiger partial charge in [-0.25, -0.2) is 27.3 Å². The molecule has 1 aromatic heterocycles. The molecule has 0 unspecified atom stereocenters. The van der Waals surface area contributed by atoms with E-state index in [4.69, 9.17) is 10.4 Å². The lowest BCUT2D eigenvalue weighted by atomic mass is 10.2. The van der Waals surface area contributed by atoms with Crippen molar-refractivity contribution in [3.63, 3.8) is 0 Å². The number of hydrogen-bond acceptors (Lipinski definition) is 5. The topological polar surface area (TPSA) is 106 Å². The highest BCUT2D eigenvalue weighted by molar-refractivity contribution is 7.89. The van der Waals surface area contributed by atoms with Crippen molar-refractivity contribution in [2.24, 2.45) is 5.14 Å². The predicted octanol–water partition coefficient (Wildman–Crippen LogP) is 0.547. The van der Waals surface area contributed by atoms with Crippen LogP contribution in [0.2, 0.25) is 0 Å². The largest absolute Gasteiger partial charge is 0.493 e. The Labute approximate surface area is 95.7 Å². The van der Waals surface area contributed by atoms with Crippen LogP contribution in [0.4, 0.5) is 8.78 Å². The Balaban J connectivity index is 3.73. The fraction of sp³-hybridized carbons (Fsp3) is 0.250. The van der Waals surface area contributed by atoms with Gasteiger partial charge in [-0.1, -0.05) is 0 Å². The lowest BCUT2D eigenvalue weighted by Gasteiger charge is -2.12. The van der Waals surface area contributed by atoms with Gasteiger partial charge >= 0.3 is 0 Å². The van der Waals surface area contributed by atoms with Crippen molar-refractivity contribution in [1.82, 2.24) is 4.98 Å². The van der Waals surface area contributed by atoms with E-state index in [0.29, 0.717) is 6.20 Å². The number of hydrogen-bond donors (Lipinski definition) is 1. The smallest absolute Gasteiger partial charge is 0.268 e. The van der Waals surface area contributed by atoms with Crippen LogP contribution in [-0.2, 0) is 10.0 Å². The third-order valence-electron chi connectivity index (χ3n) is 1.87. The van der Waals surface area contributed by atoms with Gasteiger partial charge in [0.15, 0.2) is 11.4 Å². The van der Waals surface area contributed by atoms with Gasteiger partial charge in [0.2, 0.25) is 10.0 Å². The molecule has 0 aliphatic rings. The molecule has 0 aromatic carbocycles. The maximum Gasteiger partial charge on any atom is 0.268 e. The highest BCUT2D eigenvalue weighted by Crippen LogP contribution is 2.35. The summed E-state index contributed by atoms with van der Waals surface area (Å²) in [7, 11) is -3.34. The molecule has 6 nitrogen and oxygen atoms in total. The molecule has 1 aromatic rings. The summed E-state index contributed by atoms with van der Waals surface area (Å²) in [6.07, 6.45) is -2.55. The molecule has 0 bridgehead atoms. The first kappa shape index (κ1) is 13.3. The molecule has 0 spiro atoms. The highest BCUT2D eigenvalue weighted by Gasteiger charge is 2.28. The highest BCUT2D eigenvalue weighted by atomic mass is 32.2. The monoisotopic (exact) mass is 263 g/mol. The summed E-state index contributed by atoms with van der Waals surface area (Å²) < 4.78 is 52.3. The number of methoxy groups -OCH3 is 1. The molecule has 1 rings (SSSR count). The van der Waals surface area contributed by atoms with E-state index in [1.807, 2.05) is 0 Å². The number of nitriles is 1. The zero-order valence-electron chi connectivity index (χ0n) is 8.52. The summed E-state index contributed by atoms with van der Waals surface area (Å²) in [5.74, 6) is -0.589. The number of aromatic nitrogens is 1. The van der Waals surface area contributed by atoms with E-state index >= 15 is 0 Å². The molecular formula is C8H7F2N3O3S. The summed E-state index contributed by atoms with van der Waals surface area (Å²) in [6.45, 7) is 0. The van der Waals surface area contributed by atoms with Crippen molar-refractivity contribution in [2.75, 3.05) is 7.11 Å². The summed E-state index contributed by atoms with van der Waals surface area (Å²) in [4.78, 5) is 2.54. The number of alkyl halides is 2. The molecule has 0 aliphatic carbocycles. The van der Waals surface area contributed by atoms with Gasteiger partial charge in [-0.15, -0.1) is 0 Å². The average molecular weight is 263 g/mol. The number of pyridine rings is 1. The Bertz CT molecular complexity index is 580. The number of primary sulfonamides is 1. The van der Waals surface area contributed by atoms with Gasteiger partial charge in [0.05, 0.1) is 12.7 Å². The second kappa shape index (κ2) is 4.60. The first-order valence-electron chi connectivity index (χ1n) is 4.10. The van der Waals surface area contributed by atoms with Crippen molar-refractivity contribution in [3.8, 4) is 11.8 Å². The second-order valence-corrected chi connectivity index (χ2v) is 4.41. The Morgan fingerprint density at radius 3 is 2.53 bits per heavy atom. The quantitative estimate of drug-likeness (QED) is 0.856. The zero-order valence-corrected chi connectivity index (χ0v) is 9.33. The van der Waals surface area contributed by atoms with E-state index in [2.05, 4.69) is 9.72 Å². The molecule has 92 valence electrons. The van der Waals surface area contributed by atoms with Gasteiger partial charge in [-0.2, -0.15) is 5.26 Å². The number of rotatable bonds is 3. The van der Waals surface area contributed by atoms with Crippen molar-refractivity contribution in [2.45, 2.75) is 11.3 Å². The van der Waals surface area contributed by atoms with E-state index in [9.17, 15) is 17.2 Å². The number of nitrogens with zero attached hydrogens (tertiary/aromatic N) is 2. The first-order chi connectivity index (χ1) is 7.82. The number of ether oxygens (including phenoxy) is 1. The average Bonchev–Trinajstić information content (AvgIpc) is 2.25. The lowest BCUT2D eigenvalue weighted by molar-refractivity contribution is 0.143. The van der Waals surface area contributed by atoms with Crippen molar-refractivity contribution < 1.29 is 21.9 Å². The molecule has 0 fully saturated rings. The summed E-state index contributed by atoms with van der Waals surface area (Å²) >= 11 is 0. The normalized spacial score (nSPS) is 11.3. The Morgan fingerprint density at radius 1 is 1.59 bits per heavy atom. The van der Waals surface area contributed by atoms with E-state index in [-0.39, 0.29) is 0 Å². The van der Waals surface area contributed by atoms with E-state index < -0.39 is 38.4 Å². The third-order valence-corrected chi connectivity index (χ3v) is 2.81. The molecule has 1 heterocycles. The number of sulfonamides is 1. The van der Waals surface area contributed by atoms with Crippen LogP contribution in [0.5, 0.6) is 5.75 Å². The second-order valence-electron chi connectivity index (χ2n) is 2.88. The summed E-state index contributed by atoms with van der Waals surface area (Å²) in [5, 5.41) is 13.4. The van der Waals surface area contributed by atoms with Crippen LogP contribution in [0.15, 0.2) is 11.1 Å². The van der Waals surface area contributed by atoms with Crippen LogP contribution in [0, 0.1) is 11.3 Å². The van der Waals surface area contributed by atoms with Crippen molar-refractivity contribution >= 4 is 10.0 Å². The number of halogens is 2. The lowest BCUT2D eigenvalue weighted by Crippen LogP contribution is -2.16. The maximum absolute atomic E-state index is 12.8. The van der Waals surface area contributed by atoms with Gasteiger partial charge < -0.3 is 4.74 Å². The Morgan fingerprint density at radius 2 is 2.18 bits per heavy atom. The minimum absolute atomic E-state index is 0.435. The van der Waals surface area contributed by atoms with Crippen LogP contribution in [0.25, 0.3) is 0 Å². The molecule has 0 saturated carbocycles. The van der Waals surface area contributed by atoms with E-state index in [0.717, 1.165) is 7.11 Å². The Hall–Kier alpha value is -1.79. The van der Waals surface area contributed by atoms with Gasteiger partial charge in [0.25, 0.3) is 6.43 Å². The fourth-order valence-electron chi connectivity index (χ4n) is 1.21. The molecule has 0 saturated heterocycles. The van der Waals surface area contributed by atoms with E-state index in [1.54, 1.807) is 0 Å². The zero-order chi connectivity index (χ0) is 13.2. The molecule has 9 heteroatoms. The summed E-state index contributed by atoms with van der Waals surface area (Å²) in [5.41, 5.74) is -1.39. The van der Waals surface area contributed by atoms with Gasteiger partial charge in [0, 0.05) is 6.20 Å². The van der Waals surface area contributed by atoms with Gasteiger partial charge in [-0.3, -0.25) is 0 Å². The minimum Gasteiger partial charge on any atom is -0.493 e. The van der Waals surface area contributed by atoms with Crippen LogP contribution >= 0.6 is 0 Å². The van der Waals surface area contributed by atoms with Crippen LogP contribution in [-0.4, -0.2) is 20.5 Å². The van der Waals surface area contributed by atoms with Crippen LogP contribution < -0.4 is 9.88 Å². The van der Waals surface area contributed by atoms with Crippen molar-refractivity contribution in [1.29, 1.82) is 5.26 Å². The summed E-state index contributed by atoms with van der Waals surface area (Å²) in [6, 6.07) is 1.52. The molecular weight excluding hydrogens is 256 g/mol. The molecule has 0 amide bonds. The molecule has 0 radical (unpaired) electrons. The number of nitrogens with two attached hydrogens (primary N) is 1.